The Hall–Kier alpha value is -2.85. The van der Waals surface area contributed by atoms with Gasteiger partial charge in [-0.25, -0.2) is 5.48 Å². The molecule has 10 heteroatoms. The number of nitrogens with one attached hydrogen (secondary N) is 2. The minimum atomic E-state index is -1.74. The molecule has 0 radical (unpaired) electrons. The molecule has 164 valence electrons. The van der Waals surface area contributed by atoms with E-state index >= 15 is 0 Å². The number of benzene rings is 1. The van der Waals surface area contributed by atoms with Gasteiger partial charge in [-0.05, 0) is 30.9 Å². The van der Waals surface area contributed by atoms with Crippen LogP contribution < -0.4 is 25.2 Å². The van der Waals surface area contributed by atoms with Crippen molar-refractivity contribution in [2.24, 2.45) is 11.8 Å². The molecule has 0 spiro atoms. The number of fused-ring (bicyclic) bond motifs is 2. The van der Waals surface area contributed by atoms with Crippen LogP contribution in [0.1, 0.15) is 32.8 Å². The maximum atomic E-state index is 13.0. The van der Waals surface area contributed by atoms with Gasteiger partial charge in [-0.1, -0.05) is 13.8 Å². The number of amides is 3. The molecule has 3 amide bonds. The van der Waals surface area contributed by atoms with Gasteiger partial charge >= 0.3 is 0 Å². The van der Waals surface area contributed by atoms with Crippen molar-refractivity contribution in [3.8, 4) is 11.5 Å². The fourth-order valence-electron chi connectivity index (χ4n) is 3.86. The van der Waals surface area contributed by atoms with Crippen molar-refractivity contribution in [3.05, 3.63) is 17.7 Å². The number of carbonyl (C=O) groups is 3. The average molecular weight is 421 g/mol. The lowest BCUT2D eigenvalue weighted by Crippen LogP contribution is -2.55. The molecule has 4 N–H and O–H groups in total. The first-order valence-electron chi connectivity index (χ1n) is 9.93. The van der Waals surface area contributed by atoms with Gasteiger partial charge in [-0.15, -0.1) is 0 Å². The molecule has 0 fully saturated rings. The lowest BCUT2D eigenvalue weighted by molar-refractivity contribution is -0.147. The third-order valence-corrected chi connectivity index (χ3v) is 5.31. The Labute approximate surface area is 174 Å². The number of hydrogen-bond donors (Lipinski definition) is 4. The first-order chi connectivity index (χ1) is 14.3. The van der Waals surface area contributed by atoms with E-state index < -0.39 is 29.9 Å². The molecule has 2 aliphatic rings. The van der Waals surface area contributed by atoms with Crippen LogP contribution in [0.5, 0.6) is 11.5 Å². The molecule has 0 unspecified atom stereocenters. The molecule has 2 heterocycles. The van der Waals surface area contributed by atoms with Crippen LogP contribution in [-0.4, -0.2) is 53.5 Å². The summed E-state index contributed by atoms with van der Waals surface area (Å²) in [6.45, 7) is 6.01. The molecule has 0 saturated heterocycles. The summed E-state index contributed by atoms with van der Waals surface area (Å²) in [6, 6.07) is 2.70. The summed E-state index contributed by atoms with van der Waals surface area (Å²) < 4.78 is 10.8. The molecular weight excluding hydrogens is 394 g/mol. The second-order valence-corrected chi connectivity index (χ2v) is 7.84. The number of aliphatic hydroxyl groups excluding tert-OH is 1. The Morgan fingerprint density at radius 1 is 1.23 bits per heavy atom. The molecule has 1 aromatic carbocycles. The highest BCUT2D eigenvalue weighted by atomic mass is 16.7. The second-order valence-electron chi connectivity index (χ2n) is 7.84. The molecule has 3 rings (SSSR count). The summed E-state index contributed by atoms with van der Waals surface area (Å²) in [4.78, 5) is 39.1. The van der Waals surface area contributed by atoms with E-state index in [1.807, 2.05) is 20.8 Å². The van der Waals surface area contributed by atoms with Gasteiger partial charge < -0.3 is 24.8 Å². The van der Waals surface area contributed by atoms with Crippen LogP contribution in [0.3, 0.4) is 0 Å². The predicted octanol–water partition coefficient (Wildman–Crippen LogP) is 0.338. The molecule has 3 atom stereocenters. The fraction of sp³-hybridized carbons (Fsp3) is 0.550. The maximum absolute atomic E-state index is 13.0. The van der Waals surface area contributed by atoms with Gasteiger partial charge in [0.15, 0.2) is 11.5 Å². The number of hydrogen-bond acceptors (Lipinski definition) is 7. The predicted molar refractivity (Wildman–Crippen MR) is 105 cm³/mol. The zero-order valence-electron chi connectivity index (χ0n) is 17.2. The molecule has 2 aliphatic heterocycles. The molecule has 10 nitrogen and oxygen atoms in total. The Balaban J connectivity index is 1.83. The van der Waals surface area contributed by atoms with Crippen LogP contribution >= 0.6 is 0 Å². The van der Waals surface area contributed by atoms with Crippen molar-refractivity contribution < 1.29 is 34.2 Å². The van der Waals surface area contributed by atoms with Crippen molar-refractivity contribution in [2.45, 2.75) is 45.8 Å². The molecular formula is C20H27N3O7. The van der Waals surface area contributed by atoms with Crippen LogP contribution in [0.2, 0.25) is 0 Å². The summed E-state index contributed by atoms with van der Waals surface area (Å²) >= 11 is 0. The van der Waals surface area contributed by atoms with E-state index in [0.717, 1.165) is 5.56 Å². The number of carbonyl (C=O) groups excluding carboxylic acids is 3. The van der Waals surface area contributed by atoms with Gasteiger partial charge in [-0.3, -0.25) is 19.6 Å². The quantitative estimate of drug-likeness (QED) is 0.368. The van der Waals surface area contributed by atoms with Gasteiger partial charge in [0.2, 0.25) is 18.6 Å². The van der Waals surface area contributed by atoms with Gasteiger partial charge in [0, 0.05) is 19.0 Å². The number of hydroxylamine groups is 1. The lowest BCUT2D eigenvalue weighted by atomic mass is 9.89. The number of likely N-dealkylation sites (N-methyl/N-ethyl adjacent to an activating group) is 1. The standard InChI is InChI=1S/C20H27N3O7/c1-4-23-14-8-16-15(29-9-30-16)7-11(14)6-13(20(23)27)21-18(25)12(5-10(2)3)17(24)19(26)22-28/h7-8,10,12-13,17,24,28H,4-6,9H2,1-3H3,(H,21,25)(H,22,26)/t12-,13+,17+/m1/s1. The summed E-state index contributed by atoms with van der Waals surface area (Å²) in [6.07, 6.45) is -1.29. The van der Waals surface area contributed by atoms with E-state index in [1.165, 1.54) is 5.48 Å². The molecule has 0 aliphatic carbocycles. The van der Waals surface area contributed by atoms with E-state index in [0.29, 0.717) is 23.7 Å². The van der Waals surface area contributed by atoms with Gasteiger partial charge in [0.05, 0.1) is 11.6 Å². The van der Waals surface area contributed by atoms with E-state index in [-0.39, 0.29) is 31.5 Å². The summed E-state index contributed by atoms with van der Waals surface area (Å²) in [5, 5.41) is 21.7. The third kappa shape index (κ3) is 4.19. The largest absolute Gasteiger partial charge is 0.454 e. The maximum Gasteiger partial charge on any atom is 0.272 e. The molecule has 0 aromatic heterocycles. The zero-order valence-corrected chi connectivity index (χ0v) is 17.2. The Bertz CT molecular complexity index is 842. The van der Waals surface area contributed by atoms with Gasteiger partial charge in [0.1, 0.15) is 12.1 Å². The summed E-state index contributed by atoms with van der Waals surface area (Å²) in [7, 11) is 0. The topological polar surface area (TPSA) is 137 Å². The smallest absolute Gasteiger partial charge is 0.272 e. The highest BCUT2D eigenvalue weighted by Crippen LogP contribution is 2.40. The average Bonchev–Trinajstić information content (AvgIpc) is 3.17. The van der Waals surface area contributed by atoms with Crippen molar-refractivity contribution in [3.63, 3.8) is 0 Å². The van der Waals surface area contributed by atoms with E-state index in [9.17, 15) is 19.5 Å². The molecule has 0 bridgehead atoms. The highest BCUT2D eigenvalue weighted by Gasteiger charge is 2.38. The normalized spacial score (nSPS) is 19.3. The summed E-state index contributed by atoms with van der Waals surface area (Å²) in [5.74, 6) is -1.96. The second kappa shape index (κ2) is 8.88. The van der Waals surface area contributed by atoms with E-state index in [1.54, 1.807) is 17.0 Å². The number of ether oxygens (including phenoxy) is 2. The van der Waals surface area contributed by atoms with Crippen molar-refractivity contribution in [1.29, 1.82) is 0 Å². The first kappa shape index (κ1) is 21.8. The Morgan fingerprint density at radius 3 is 2.50 bits per heavy atom. The van der Waals surface area contributed by atoms with Crippen LogP contribution in [0, 0.1) is 11.8 Å². The van der Waals surface area contributed by atoms with E-state index in [2.05, 4.69) is 5.32 Å². The summed E-state index contributed by atoms with van der Waals surface area (Å²) in [5.41, 5.74) is 2.89. The van der Waals surface area contributed by atoms with Gasteiger partial charge in [0.25, 0.3) is 5.91 Å². The van der Waals surface area contributed by atoms with Crippen molar-refractivity contribution in [2.75, 3.05) is 18.2 Å². The molecule has 0 saturated carbocycles. The minimum Gasteiger partial charge on any atom is -0.454 e. The van der Waals surface area contributed by atoms with Crippen molar-refractivity contribution in [1.82, 2.24) is 10.8 Å². The highest BCUT2D eigenvalue weighted by molar-refractivity contribution is 6.03. The van der Waals surface area contributed by atoms with Crippen molar-refractivity contribution >= 4 is 23.4 Å². The van der Waals surface area contributed by atoms with Crippen LogP contribution in [-0.2, 0) is 20.8 Å². The number of nitrogens with zero attached hydrogens (tertiary/aromatic N) is 1. The van der Waals surface area contributed by atoms with Crippen LogP contribution in [0.25, 0.3) is 0 Å². The van der Waals surface area contributed by atoms with E-state index in [4.69, 9.17) is 14.7 Å². The SMILES string of the molecule is CCN1C(=O)[C@@H](NC(=O)[C@H](CC(C)C)[C@H](O)C(=O)NO)Cc2cc3c(cc21)OCO3. The Kier molecular flexibility index (Phi) is 6.47. The number of aliphatic hydroxyl groups is 1. The molecule has 30 heavy (non-hydrogen) atoms. The van der Waals surface area contributed by atoms with Gasteiger partial charge in [-0.2, -0.15) is 0 Å². The number of rotatable bonds is 7. The fourth-order valence-corrected chi connectivity index (χ4v) is 3.86. The monoisotopic (exact) mass is 421 g/mol. The molecule has 1 aromatic rings. The first-order valence-corrected chi connectivity index (χ1v) is 9.93. The van der Waals surface area contributed by atoms with Crippen LogP contribution in [0.15, 0.2) is 12.1 Å². The number of anilines is 1. The zero-order chi connectivity index (χ0) is 22.0. The third-order valence-electron chi connectivity index (χ3n) is 5.31. The van der Waals surface area contributed by atoms with Crippen LogP contribution in [0.4, 0.5) is 5.69 Å². The minimum absolute atomic E-state index is 0.00319. The lowest BCUT2D eigenvalue weighted by Gasteiger charge is -2.35. The Morgan fingerprint density at radius 2 is 1.90 bits per heavy atom.